The quantitative estimate of drug-likeness (QED) is 0.772. The molecule has 2 amide bonds. The number of benzene rings is 1. The van der Waals surface area contributed by atoms with E-state index in [1.165, 1.54) is 6.92 Å². The highest BCUT2D eigenvalue weighted by molar-refractivity contribution is 5.93. The van der Waals surface area contributed by atoms with Crippen molar-refractivity contribution in [2.75, 3.05) is 30.3 Å². The van der Waals surface area contributed by atoms with Gasteiger partial charge >= 0.3 is 0 Å². The van der Waals surface area contributed by atoms with Crippen molar-refractivity contribution in [1.82, 2.24) is 4.90 Å². The number of hydrogen-bond donors (Lipinski definition) is 2. The second-order valence-corrected chi connectivity index (χ2v) is 6.95. The number of alkyl halides is 2. The topological polar surface area (TPSA) is 61.4 Å². The van der Waals surface area contributed by atoms with Gasteiger partial charge in [-0.3, -0.25) is 14.5 Å². The Morgan fingerprint density at radius 1 is 1.19 bits per heavy atom. The van der Waals surface area contributed by atoms with Crippen molar-refractivity contribution in [1.29, 1.82) is 0 Å². The third-order valence-electron chi connectivity index (χ3n) is 4.56. The van der Waals surface area contributed by atoms with Gasteiger partial charge < -0.3 is 10.6 Å². The summed E-state index contributed by atoms with van der Waals surface area (Å²) >= 11 is 0. The number of carbonyl (C=O) groups excluding carboxylic acids is 2. The minimum Gasteiger partial charge on any atom is -0.326 e. The highest BCUT2D eigenvalue weighted by Gasteiger charge is 2.36. The zero-order valence-corrected chi connectivity index (χ0v) is 15.4. The van der Waals surface area contributed by atoms with Crippen molar-refractivity contribution in [2.45, 2.75) is 45.5 Å². The van der Waals surface area contributed by atoms with Gasteiger partial charge in [-0.25, -0.2) is 8.78 Å². The van der Waals surface area contributed by atoms with E-state index in [-0.39, 0.29) is 37.1 Å². The van der Waals surface area contributed by atoms with Gasteiger partial charge in [0, 0.05) is 37.7 Å². The second kappa shape index (κ2) is 9.07. The molecule has 1 fully saturated rings. The van der Waals surface area contributed by atoms with Crippen molar-refractivity contribution in [3.8, 4) is 0 Å². The van der Waals surface area contributed by atoms with E-state index in [0.29, 0.717) is 30.9 Å². The summed E-state index contributed by atoms with van der Waals surface area (Å²) < 4.78 is 27.1. The molecule has 0 unspecified atom stereocenters. The normalized spacial score (nSPS) is 19.2. The zero-order valence-electron chi connectivity index (χ0n) is 15.4. The van der Waals surface area contributed by atoms with Crippen molar-refractivity contribution < 1.29 is 18.4 Å². The fraction of sp³-hybridized carbons (Fsp3) is 0.579. The Hall–Kier alpha value is -2.02. The van der Waals surface area contributed by atoms with Crippen LogP contribution in [-0.2, 0) is 9.59 Å². The molecule has 0 radical (unpaired) electrons. The Bertz CT molecular complexity index is 620. The summed E-state index contributed by atoms with van der Waals surface area (Å²) in [5, 5.41) is 5.46. The standard InChI is InChI=1S/C19H27F2N3O2/c1-3-24(12-15-5-4-10-19(20,21)11-15)13-18(26)23-17-8-6-16(7-9-17)22-14(2)25/h6-9,15H,3-5,10-13H2,1-2H3,(H,22,25)(H,23,26)/t15-/m1/s1. The lowest BCUT2D eigenvalue weighted by Gasteiger charge is -2.32. The fourth-order valence-electron chi connectivity index (χ4n) is 3.35. The largest absolute Gasteiger partial charge is 0.326 e. The molecule has 0 bridgehead atoms. The predicted octanol–water partition coefficient (Wildman–Crippen LogP) is 3.73. The number of carbonyl (C=O) groups is 2. The van der Waals surface area contributed by atoms with E-state index in [1.54, 1.807) is 24.3 Å². The summed E-state index contributed by atoms with van der Waals surface area (Å²) in [5.41, 5.74) is 1.29. The van der Waals surface area contributed by atoms with Crippen molar-refractivity contribution in [3.05, 3.63) is 24.3 Å². The molecule has 144 valence electrons. The lowest BCUT2D eigenvalue weighted by molar-refractivity contribution is -0.117. The van der Waals surface area contributed by atoms with Gasteiger partial charge in [0.15, 0.2) is 0 Å². The van der Waals surface area contributed by atoms with Gasteiger partial charge in [0.1, 0.15) is 0 Å². The average Bonchev–Trinajstić information content (AvgIpc) is 2.54. The first-order valence-corrected chi connectivity index (χ1v) is 9.05. The molecule has 1 aliphatic carbocycles. The lowest BCUT2D eigenvalue weighted by atomic mass is 9.86. The van der Waals surface area contributed by atoms with Crippen molar-refractivity contribution >= 4 is 23.2 Å². The maximum absolute atomic E-state index is 13.5. The van der Waals surface area contributed by atoms with Crippen LogP contribution in [0, 0.1) is 5.92 Å². The van der Waals surface area contributed by atoms with Crippen LogP contribution in [0.1, 0.15) is 39.5 Å². The molecule has 1 aliphatic rings. The number of hydrogen-bond acceptors (Lipinski definition) is 3. The highest BCUT2D eigenvalue weighted by atomic mass is 19.3. The summed E-state index contributed by atoms with van der Waals surface area (Å²) in [7, 11) is 0. The van der Waals surface area contributed by atoms with Crippen LogP contribution in [-0.4, -0.2) is 42.3 Å². The summed E-state index contributed by atoms with van der Waals surface area (Å²) in [6.45, 7) is 4.68. The number of nitrogens with one attached hydrogen (secondary N) is 2. The highest BCUT2D eigenvalue weighted by Crippen LogP contribution is 2.36. The van der Waals surface area contributed by atoms with E-state index in [0.717, 1.165) is 6.42 Å². The fourth-order valence-corrected chi connectivity index (χ4v) is 3.35. The Balaban J connectivity index is 1.83. The second-order valence-electron chi connectivity index (χ2n) is 6.95. The van der Waals surface area contributed by atoms with Crippen molar-refractivity contribution in [2.24, 2.45) is 5.92 Å². The van der Waals surface area contributed by atoms with Crippen LogP contribution in [0.25, 0.3) is 0 Å². The molecule has 26 heavy (non-hydrogen) atoms. The first-order valence-electron chi connectivity index (χ1n) is 9.05. The number of rotatable bonds is 7. The van der Waals surface area contributed by atoms with E-state index in [4.69, 9.17) is 0 Å². The molecule has 0 heterocycles. The summed E-state index contributed by atoms with van der Waals surface area (Å²) in [6.07, 6.45) is 1.22. The molecule has 0 aromatic heterocycles. The molecule has 1 aromatic carbocycles. The first-order chi connectivity index (χ1) is 12.3. The zero-order chi connectivity index (χ0) is 19.2. The van der Waals surface area contributed by atoms with Crippen LogP contribution in [0.4, 0.5) is 20.2 Å². The van der Waals surface area contributed by atoms with E-state index >= 15 is 0 Å². The van der Waals surface area contributed by atoms with Crippen LogP contribution in [0.15, 0.2) is 24.3 Å². The van der Waals surface area contributed by atoms with Gasteiger partial charge in [0.25, 0.3) is 0 Å². The predicted molar refractivity (Wildman–Crippen MR) is 98.4 cm³/mol. The number of nitrogens with zero attached hydrogens (tertiary/aromatic N) is 1. The first kappa shape index (κ1) is 20.3. The van der Waals surface area contributed by atoms with Gasteiger partial charge in [0.2, 0.25) is 17.7 Å². The monoisotopic (exact) mass is 367 g/mol. The third-order valence-corrected chi connectivity index (χ3v) is 4.56. The Labute approximate surface area is 153 Å². The Morgan fingerprint density at radius 3 is 2.35 bits per heavy atom. The van der Waals surface area contributed by atoms with Crippen LogP contribution in [0.3, 0.4) is 0 Å². The third kappa shape index (κ3) is 6.71. The number of likely N-dealkylation sites (N-methyl/N-ethyl adjacent to an activating group) is 1. The van der Waals surface area contributed by atoms with Gasteiger partial charge in [0.05, 0.1) is 6.54 Å². The molecule has 0 saturated heterocycles. The van der Waals surface area contributed by atoms with Crippen LogP contribution < -0.4 is 10.6 Å². The minimum atomic E-state index is -2.57. The number of anilines is 2. The van der Waals surface area contributed by atoms with Crippen molar-refractivity contribution in [3.63, 3.8) is 0 Å². The molecule has 7 heteroatoms. The molecule has 5 nitrogen and oxygen atoms in total. The maximum atomic E-state index is 13.5. The van der Waals surface area contributed by atoms with Gasteiger partial charge in [-0.05, 0) is 49.6 Å². The molecule has 1 atom stereocenters. The van der Waals surface area contributed by atoms with Gasteiger partial charge in [-0.1, -0.05) is 6.92 Å². The molecule has 1 aromatic rings. The Kier molecular flexibility index (Phi) is 7.08. The van der Waals surface area contributed by atoms with Crippen LogP contribution in [0.2, 0.25) is 0 Å². The van der Waals surface area contributed by atoms with Gasteiger partial charge in [-0.15, -0.1) is 0 Å². The van der Waals surface area contributed by atoms with E-state index < -0.39 is 5.92 Å². The summed E-state index contributed by atoms with van der Waals surface area (Å²) in [4.78, 5) is 25.2. The molecule has 1 saturated carbocycles. The molecular weight excluding hydrogens is 340 g/mol. The average molecular weight is 367 g/mol. The molecular formula is C19H27F2N3O2. The minimum absolute atomic E-state index is 0.0232. The van der Waals surface area contributed by atoms with Gasteiger partial charge in [-0.2, -0.15) is 0 Å². The number of halogens is 2. The van der Waals surface area contributed by atoms with Crippen LogP contribution in [0.5, 0.6) is 0 Å². The lowest BCUT2D eigenvalue weighted by Crippen LogP contribution is -2.39. The maximum Gasteiger partial charge on any atom is 0.248 e. The summed E-state index contributed by atoms with van der Waals surface area (Å²) in [5.74, 6) is -2.97. The smallest absolute Gasteiger partial charge is 0.248 e. The molecule has 2 N–H and O–H groups in total. The SMILES string of the molecule is CCN(CC(=O)Nc1ccc(NC(C)=O)cc1)C[C@@H]1CCCC(F)(F)C1. The Morgan fingerprint density at radius 2 is 1.81 bits per heavy atom. The summed E-state index contributed by atoms with van der Waals surface area (Å²) in [6, 6.07) is 6.83. The van der Waals surface area contributed by atoms with E-state index in [9.17, 15) is 18.4 Å². The molecule has 0 aliphatic heterocycles. The number of amides is 2. The molecule has 2 rings (SSSR count). The van der Waals surface area contributed by atoms with E-state index in [2.05, 4.69) is 10.6 Å². The van der Waals surface area contributed by atoms with E-state index in [1.807, 2.05) is 11.8 Å². The van der Waals surface area contributed by atoms with Crippen LogP contribution >= 0.6 is 0 Å². The molecule has 0 spiro atoms.